The van der Waals surface area contributed by atoms with Gasteiger partial charge in [0, 0.05) is 14.8 Å². The molecule has 0 amide bonds. The zero-order valence-electron chi connectivity index (χ0n) is 10.1. The summed E-state index contributed by atoms with van der Waals surface area (Å²) in [7, 11) is 0. The maximum Gasteiger partial charge on any atom is 0.114 e. The quantitative estimate of drug-likeness (QED) is 0.854. The lowest BCUT2D eigenvalue weighted by Crippen LogP contribution is -2.01. The fourth-order valence-electron chi connectivity index (χ4n) is 1.98. The van der Waals surface area contributed by atoms with Crippen molar-refractivity contribution in [3.8, 4) is 0 Å². The van der Waals surface area contributed by atoms with Crippen LogP contribution in [0.4, 0.5) is 0 Å². The van der Waals surface area contributed by atoms with Gasteiger partial charge in [-0.15, -0.1) is 11.3 Å². The van der Waals surface area contributed by atoms with Crippen molar-refractivity contribution in [3.05, 3.63) is 55.7 Å². The summed E-state index contributed by atoms with van der Waals surface area (Å²) in [4.78, 5) is 2.23. The molecule has 0 fully saturated rings. The third-order valence-electron chi connectivity index (χ3n) is 2.86. The highest BCUT2D eigenvalue weighted by Gasteiger charge is 2.17. The second-order valence-corrected chi connectivity index (χ2v) is 6.03. The van der Waals surface area contributed by atoms with E-state index >= 15 is 0 Å². The average Bonchev–Trinajstić information content (AvgIpc) is 2.60. The molecule has 1 nitrogen and oxygen atoms in total. The van der Waals surface area contributed by atoms with Crippen molar-refractivity contribution >= 4 is 22.9 Å². The molecule has 1 heterocycles. The van der Waals surface area contributed by atoms with Gasteiger partial charge in [-0.2, -0.15) is 0 Å². The molecule has 17 heavy (non-hydrogen) atoms. The molecule has 0 spiro atoms. The number of aliphatic hydroxyl groups excluding tert-OH is 1. The first-order chi connectivity index (χ1) is 7.99. The smallest absolute Gasteiger partial charge is 0.114 e. The van der Waals surface area contributed by atoms with Gasteiger partial charge in [0.15, 0.2) is 0 Å². The number of hydrogen-bond donors (Lipinski definition) is 1. The van der Waals surface area contributed by atoms with Crippen LogP contribution < -0.4 is 0 Å². The van der Waals surface area contributed by atoms with Crippen molar-refractivity contribution in [2.45, 2.75) is 26.9 Å². The van der Waals surface area contributed by atoms with E-state index in [0.29, 0.717) is 5.02 Å². The van der Waals surface area contributed by atoms with Crippen LogP contribution >= 0.6 is 22.9 Å². The normalized spacial score (nSPS) is 12.8. The molecule has 1 N–H and O–H groups in total. The number of benzene rings is 1. The molecule has 0 aliphatic carbocycles. The number of halogens is 1. The highest BCUT2D eigenvalue weighted by Crippen LogP contribution is 2.34. The van der Waals surface area contributed by atoms with Gasteiger partial charge in [0.25, 0.3) is 0 Å². The van der Waals surface area contributed by atoms with Gasteiger partial charge in [-0.05, 0) is 55.7 Å². The van der Waals surface area contributed by atoms with E-state index < -0.39 is 6.10 Å². The van der Waals surface area contributed by atoms with Crippen LogP contribution in [0, 0.1) is 20.8 Å². The molecule has 1 aromatic carbocycles. The van der Waals surface area contributed by atoms with Crippen molar-refractivity contribution in [1.29, 1.82) is 0 Å². The molecule has 3 heteroatoms. The van der Waals surface area contributed by atoms with E-state index in [1.165, 1.54) is 4.88 Å². The van der Waals surface area contributed by atoms with Gasteiger partial charge in [0.1, 0.15) is 6.10 Å². The summed E-state index contributed by atoms with van der Waals surface area (Å²) < 4.78 is 0. The van der Waals surface area contributed by atoms with Crippen LogP contribution in [0.15, 0.2) is 24.3 Å². The second kappa shape index (κ2) is 4.81. The highest BCUT2D eigenvalue weighted by atomic mass is 35.5. The lowest BCUT2D eigenvalue weighted by atomic mass is 10.0. The first-order valence-electron chi connectivity index (χ1n) is 5.50. The minimum Gasteiger partial charge on any atom is -0.383 e. The Labute approximate surface area is 111 Å². The molecule has 1 unspecified atom stereocenters. The van der Waals surface area contributed by atoms with E-state index in [1.54, 1.807) is 11.3 Å². The Bertz CT molecular complexity index is 545. The zero-order chi connectivity index (χ0) is 12.6. The van der Waals surface area contributed by atoms with Crippen molar-refractivity contribution in [2.24, 2.45) is 0 Å². The molecule has 0 bridgehead atoms. The van der Waals surface area contributed by atoms with Gasteiger partial charge in [-0.25, -0.2) is 0 Å². The minimum atomic E-state index is -0.576. The fourth-order valence-corrected chi connectivity index (χ4v) is 3.20. The summed E-state index contributed by atoms with van der Waals surface area (Å²) in [6.45, 7) is 6.07. The molecule has 2 rings (SSSR count). The van der Waals surface area contributed by atoms with Crippen LogP contribution in [0.1, 0.15) is 32.5 Å². The molecule has 90 valence electrons. The molecule has 0 aliphatic rings. The summed E-state index contributed by atoms with van der Waals surface area (Å²) in [6.07, 6.45) is -0.576. The Balaban J connectivity index is 2.46. The minimum absolute atomic E-state index is 0.576. The highest BCUT2D eigenvalue weighted by molar-refractivity contribution is 7.12. The zero-order valence-corrected chi connectivity index (χ0v) is 11.7. The summed E-state index contributed by atoms with van der Waals surface area (Å²) >= 11 is 7.62. The van der Waals surface area contributed by atoms with E-state index in [2.05, 4.69) is 13.0 Å². The van der Waals surface area contributed by atoms with Crippen LogP contribution in [-0.4, -0.2) is 5.11 Å². The van der Waals surface area contributed by atoms with E-state index in [1.807, 2.05) is 32.0 Å². The third-order valence-corrected chi connectivity index (χ3v) is 4.30. The first kappa shape index (κ1) is 12.6. The van der Waals surface area contributed by atoms with Crippen LogP contribution in [0.3, 0.4) is 0 Å². The van der Waals surface area contributed by atoms with Crippen LogP contribution in [0.2, 0.25) is 5.02 Å². The average molecular weight is 267 g/mol. The predicted molar refractivity (Wildman–Crippen MR) is 74.0 cm³/mol. The number of hydrogen-bond acceptors (Lipinski definition) is 2. The number of rotatable bonds is 2. The molecule has 1 aromatic heterocycles. The van der Waals surface area contributed by atoms with E-state index in [-0.39, 0.29) is 0 Å². The lowest BCUT2D eigenvalue weighted by molar-refractivity contribution is 0.223. The van der Waals surface area contributed by atoms with Gasteiger partial charge >= 0.3 is 0 Å². The van der Waals surface area contributed by atoms with Gasteiger partial charge in [-0.3, -0.25) is 0 Å². The van der Waals surface area contributed by atoms with Crippen molar-refractivity contribution in [3.63, 3.8) is 0 Å². The Morgan fingerprint density at radius 3 is 2.41 bits per heavy atom. The van der Waals surface area contributed by atoms with Crippen molar-refractivity contribution < 1.29 is 5.11 Å². The molecule has 0 radical (unpaired) electrons. The molecule has 2 aromatic rings. The Hall–Kier alpha value is -0.830. The molecular formula is C14H15ClOS. The number of aryl methyl sites for hydroxylation is 3. The standard InChI is InChI=1S/C14H15ClOS/c1-8-4-5-11(15)7-12(8)13(16)14-9(2)6-10(3)17-14/h4-7,13,16H,1-3H3. The van der Waals surface area contributed by atoms with Gasteiger partial charge < -0.3 is 5.11 Å². The molecule has 0 aliphatic heterocycles. The second-order valence-electron chi connectivity index (χ2n) is 4.31. The summed E-state index contributed by atoms with van der Waals surface area (Å²) in [6, 6.07) is 7.73. The maximum atomic E-state index is 10.4. The Morgan fingerprint density at radius 2 is 1.82 bits per heavy atom. The summed E-state index contributed by atoms with van der Waals surface area (Å²) in [5.74, 6) is 0. The number of thiophene rings is 1. The Kier molecular flexibility index (Phi) is 3.57. The molecular weight excluding hydrogens is 252 g/mol. The van der Waals surface area contributed by atoms with E-state index in [9.17, 15) is 5.11 Å². The fraction of sp³-hybridized carbons (Fsp3) is 0.286. The largest absolute Gasteiger partial charge is 0.383 e. The van der Waals surface area contributed by atoms with E-state index in [4.69, 9.17) is 11.6 Å². The van der Waals surface area contributed by atoms with Gasteiger partial charge in [-0.1, -0.05) is 17.7 Å². The first-order valence-corrected chi connectivity index (χ1v) is 6.69. The van der Waals surface area contributed by atoms with Crippen LogP contribution in [0.25, 0.3) is 0 Å². The topological polar surface area (TPSA) is 20.2 Å². The summed E-state index contributed by atoms with van der Waals surface area (Å²) in [5, 5.41) is 11.1. The SMILES string of the molecule is Cc1cc(C)c(C(O)c2cc(Cl)ccc2C)s1. The van der Waals surface area contributed by atoms with E-state index in [0.717, 1.165) is 21.6 Å². The monoisotopic (exact) mass is 266 g/mol. The van der Waals surface area contributed by atoms with Crippen LogP contribution in [0.5, 0.6) is 0 Å². The van der Waals surface area contributed by atoms with Gasteiger partial charge in [0.05, 0.1) is 0 Å². The third kappa shape index (κ3) is 2.54. The van der Waals surface area contributed by atoms with Crippen LogP contribution in [-0.2, 0) is 0 Å². The molecule has 0 saturated heterocycles. The molecule has 0 saturated carbocycles. The Morgan fingerprint density at radius 1 is 1.12 bits per heavy atom. The maximum absolute atomic E-state index is 10.4. The molecule has 1 atom stereocenters. The van der Waals surface area contributed by atoms with Gasteiger partial charge in [0.2, 0.25) is 0 Å². The van der Waals surface area contributed by atoms with Crippen molar-refractivity contribution in [2.75, 3.05) is 0 Å². The predicted octanol–water partition coefficient (Wildman–Crippen LogP) is 4.41. The number of aliphatic hydroxyl groups is 1. The summed E-state index contributed by atoms with van der Waals surface area (Å²) in [5.41, 5.74) is 3.09. The van der Waals surface area contributed by atoms with Crippen molar-refractivity contribution in [1.82, 2.24) is 0 Å². The lowest BCUT2D eigenvalue weighted by Gasteiger charge is -2.13.